The number of hydrogen-bond acceptors (Lipinski definition) is 5. The van der Waals surface area contributed by atoms with Crippen LogP contribution in [0.2, 0.25) is 0 Å². The summed E-state index contributed by atoms with van der Waals surface area (Å²) in [6.07, 6.45) is 4.44. The molecule has 6 nitrogen and oxygen atoms in total. The first-order chi connectivity index (χ1) is 9.21. The second-order valence-corrected chi connectivity index (χ2v) is 7.74. The Morgan fingerprint density at radius 1 is 1.40 bits per heavy atom. The monoisotopic (exact) mass is 298 g/mol. The van der Waals surface area contributed by atoms with Gasteiger partial charge < -0.3 is 5.32 Å². The molecule has 110 valence electrons. The average Bonchev–Trinajstić information content (AvgIpc) is 2.32. The lowest BCUT2D eigenvalue weighted by molar-refractivity contribution is -0.384. The minimum Gasteiger partial charge on any atom is -0.379 e. The van der Waals surface area contributed by atoms with E-state index in [0.29, 0.717) is 12.2 Å². The van der Waals surface area contributed by atoms with Gasteiger partial charge in [0.15, 0.2) is 9.84 Å². The van der Waals surface area contributed by atoms with Gasteiger partial charge in [-0.05, 0) is 30.4 Å². The Morgan fingerprint density at radius 3 is 2.50 bits per heavy atom. The third kappa shape index (κ3) is 3.09. The summed E-state index contributed by atoms with van der Waals surface area (Å²) < 4.78 is 22.9. The normalized spacial score (nSPS) is 17.3. The second-order valence-electron chi connectivity index (χ2n) is 5.73. The highest BCUT2D eigenvalue weighted by molar-refractivity contribution is 7.90. The fourth-order valence-electron chi connectivity index (χ4n) is 2.31. The molecule has 0 spiro atoms. The molecule has 2 rings (SSSR count). The summed E-state index contributed by atoms with van der Waals surface area (Å²) in [7, 11) is -3.44. The Kier molecular flexibility index (Phi) is 3.73. The minimum atomic E-state index is -3.44. The zero-order valence-corrected chi connectivity index (χ0v) is 12.4. The van der Waals surface area contributed by atoms with Gasteiger partial charge in [0.25, 0.3) is 5.69 Å². The molecule has 0 heterocycles. The predicted octanol–water partition coefficient (Wildman–Crippen LogP) is 2.60. The lowest BCUT2D eigenvalue weighted by atomic mass is 9.70. The third-order valence-electron chi connectivity index (χ3n) is 3.86. The molecule has 1 aromatic rings. The molecule has 7 heteroatoms. The van der Waals surface area contributed by atoms with Crippen molar-refractivity contribution in [2.75, 3.05) is 18.1 Å². The number of anilines is 1. The van der Waals surface area contributed by atoms with Crippen molar-refractivity contribution in [1.29, 1.82) is 0 Å². The molecule has 0 unspecified atom stereocenters. The summed E-state index contributed by atoms with van der Waals surface area (Å²) in [5, 5.41) is 14.2. The molecule has 1 aliphatic rings. The lowest BCUT2D eigenvalue weighted by Gasteiger charge is -2.38. The Morgan fingerprint density at radius 2 is 2.05 bits per heavy atom. The number of nitro groups is 1. The fourth-order valence-corrected chi connectivity index (χ4v) is 2.95. The standard InChI is InChI=1S/C13H18N2O4S/c1-13(6-3-7-13)9-14-11-5-4-10(20(2,18)19)8-12(11)15(16)17/h4-5,8,14H,3,6-7,9H2,1-2H3. The molecule has 0 bridgehead atoms. The molecule has 1 aliphatic carbocycles. The zero-order valence-electron chi connectivity index (χ0n) is 11.5. The van der Waals surface area contributed by atoms with Gasteiger partial charge in [-0.2, -0.15) is 0 Å². The van der Waals surface area contributed by atoms with Gasteiger partial charge in [0.1, 0.15) is 5.69 Å². The van der Waals surface area contributed by atoms with Crippen LogP contribution in [0.4, 0.5) is 11.4 Å². The van der Waals surface area contributed by atoms with E-state index in [4.69, 9.17) is 0 Å². The number of sulfone groups is 1. The van der Waals surface area contributed by atoms with Crippen LogP contribution in [0.25, 0.3) is 0 Å². The Balaban J connectivity index is 2.26. The molecular weight excluding hydrogens is 280 g/mol. The molecule has 1 saturated carbocycles. The smallest absolute Gasteiger partial charge is 0.293 e. The molecule has 0 atom stereocenters. The fraction of sp³-hybridized carbons (Fsp3) is 0.538. The van der Waals surface area contributed by atoms with Crippen LogP contribution < -0.4 is 5.32 Å². The van der Waals surface area contributed by atoms with E-state index in [1.807, 2.05) is 0 Å². The van der Waals surface area contributed by atoms with Gasteiger partial charge in [-0.1, -0.05) is 13.3 Å². The predicted molar refractivity (Wildman–Crippen MR) is 76.7 cm³/mol. The topological polar surface area (TPSA) is 89.3 Å². The maximum Gasteiger partial charge on any atom is 0.293 e. The van der Waals surface area contributed by atoms with Gasteiger partial charge in [0.05, 0.1) is 9.82 Å². The molecule has 1 aromatic carbocycles. The van der Waals surface area contributed by atoms with Crippen molar-refractivity contribution in [1.82, 2.24) is 0 Å². The van der Waals surface area contributed by atoms with Gasteiger partial charge in [-0.3, -0.25) is 10.1 Å². The summed E-state index contributed by atoms with van der Waals surface area (Å²) in [4.78, 5) is 10.5. The van der Waals surface area contributed by atoms with Gasteiger partial charge in [0.2, 0.25) is 0 Å². The first-order valence-corrected chi connectivity index (χ1v) is 8.33. The summed E-state index contributed by atoms with van der Waals surface area (Å²) in [6, 6.07) is 3.98. The Hall–Kier alpha value is -1.63. The van der Waals surface area contributed by atoms with E-state index in [9.17, 15) is 18.5 Å². The van der Waals surface area contributed by atoms with Crippen LogP contribution in [0.1, 0.15) is 26.2 Å². The summed E-state index contributed by atoms with van der Waals surface area (Å²) >= 11 is 0. The number of benzene rings is 1. The minimum absolute atomic E-state index is 0.0374. The van der Waals surface area contributed by atoms with Crippen molar-refractivity contribution in [2.45, 2.75) is 31.1 Å². The third-order valence-corrected chi connectivity index (χ3v) is 4.97. The number of nitrogens with one attached hydrogen (secondary N) is 1. The van der Waals surface area contributed by atoms with Gasteiger partial charge >= 0.3 is 0 Å². The molecule has 1 N–H and O–H groups in total. The van der Waals surface area contributed by atoms with E-state index in [2.05, 4.69) is 12.2 Å². The van der Waals surface area contributed by atoms with E-state index in [-0.39, 0.29) is 16.0 Å². The van der Waals surface area contributed by atoms with E-state index >= 15 is 0 Å². The van der Waals surface area contributed by atoms with Crippen molar-refractivity contribution in [3.05, 3.63) is 28.3 Å². The van der Waals surface area contributed by atoms with Crippen molar-refractivity contribution in [3.8, 4) is 0 Å². The number of nitro benzene ring substituents is 1. The Labute approximate surface area is 118 Å². The van der Waals surface area contributed by atoms with Crippen LogP contribution >= 0.6 is 0 Å². The van der Waals surface area contributed by atoms with Crippen LogP contribution in [-0.2, 0) is 9.84 Å². The van der Waals surface area contributed by atoms with E-state index in [1.54, 1.807) is 0 Å². The van der Waals surface area contributed by atoms with Gasteiger partial charge in [-0.15, -0.1) is 0 Å². The highest BCUT2D eigenvalue weighted by Crippen LogP contribution is 2.40. The maximum atomic E-state index is 11.4. The Bertz CT molecular complexity index is 636. The largest absolute Gasteiger partial charge is 0.379 e. The van der Waals surface area contributed by atoms with Crippen molar-refractivity contribution in [3.63, 3.8) is 0 Å². The highest BCUT2D eigenvalue weighted by atomic mass is 32.2. The van der Waals surface area contributed by atoms with Gasteiger partial charge in [-0.25, -0.2) is 8.42 Å². The molecule has 0 saturated heterocycles. The number of rotatable bonds is 5. The van der Waals surface area contributed by atoms with Crippen molar-refractivity contribution >= 4 is 21.2 Å². The van der Waals surface area contributed by atoms with Gasteiger partial charge in [0, 0.05) is 18.9 Å². The van der Waals surface area contributed by atoms with E-state index in [0.717, 1.165) is 25.2 Å². The molecule has 0 aromatic heterocycles. The lowest BCUT2D eigenvalue weighted by Crippen LogP contribution is -2.33. The van der Waals surface area contributed by atoms with Crippen LogP contribution in [0, 0.1) is 15.5 Å². The van der Waals surface area contributed by atoms with Crippen LogP contribution in [0.5, 0.6) is 0 Å². The molecule has 1 fully saturated rings. The van der Waals surface area contributed by atoms with Crippen LogP contribution in [0.15, 0.2) is 23.1 Å². The summed E-state index contributed by atoms with van der Waals surface area (Å²) in [6.45, 7) is 2.80. The molecule has 0 amide bonds. The quantitative estimate of drug-likeness (QED) is 0.666. The van der Waals surface area contributed by atoms with Crippen molar-refractivity contribution < 1.29 is 13.3 Å². The molecule has 20 heavy (non-hydrogen) atoms. The first kappa shape index (κ1) is 14.8. The number of nitrogens with zero attached hydrogens (tertiary/aromatic N) is 1. The summed E-state index contributed by atoms with van der Waals surface area (Å²) in [5.41, 5.74) is 0.356. The van der Waals surface area contributed by atoms with Crippen LogP contribution in [0.3, 0.4) is 0 Å². The molecule has 0 radical (unpaired) electrons. The highest BCUT2D eigenvalue weighted by Gasteiger charge is 2.32. The van der Waals surface area contributed by atoms with Crippen molar-refractivity contribution in [2.24, 2.45) is 5.41 Å². The van der Waals surface area contributed by atoms with Crippen LogP contribution in [-0.4, -0.2) is 26.1 Å². The SMILES string of the molecule is CC1(CNc2ccc(S(C)(=O)=O)cc2[N+](=O)[O-])CCC1. The molecule has 0 aliphatic heterocycles. The van der Waals surface area contributed by atoms with E-state index < -0.39 is 14.8 Å². The average molecular weight is 298 g/mol. The summed E-state index contributed by atoms with van der Waals surface area (Å²) in [5.74, 6) is 0. The molecular formula is C13H18N2O4S. The first-order valence-electron chi connectivity index (χ1n) is 6.44. The maximum absolute atomic E-state index is 11.4. The second kappa shape index (κ2) is 5.05. The number of hydrogen-bond donors (Lipinski definition) is 1. The zero-order chi connectivity index (χ0) is 15.0. The van der Waals surface area contributed by atoms with E-state index in [1.165, 1.54) is 18.6 Å².